The van der Waals surface area contributed by atoms with Gasteiger partial charge in [0.25, 0.3) is 5.91 Å². The van der Waals surface area contributed by atoms with Gasteiger partial charge in [0, 0.05) is 17.0 Å². The summed E-state index contributed by atoms with van der Waals surface area (Å²) in [6.45, 7) is 1.86. The number of rotatable bonds is 4. The maximum atomic E-state index is 12.6. The molecular weight excluding hydrogens is 402 g/mol. The number of carbonyl (C=O) groups excluding carboxylic acids is 1. The molecule has 0 saturated carbocycles. The lowest BCUT2D eigenvalue weighted by atomic mass is 10.1. The molecule has 3 aromatic rings. The Hall–Kier alpha value is -2.23. The van der Waals surface area contributed by atoms with Gasteiger partial charge in [-0.3, -0.25) is 14.4 Å². The van der Waals surface area contributed by atoms with Crippen LogP contribution in [-0.2, 0) is 16.4 Å². The number of carbonyl (C=O) groups is 1. The molecule has 2 aromatic heterocycles. The molecule has 0 radical (unpaired) electrons. The highest BCUT2D eigenvalue weighted by Gasteiger charge is 2.32. The predicted molar refractivity (Wildman–Crippen MR) is 110 cm³/mol. The molecule has 6 nitrogen and oxygen atoms in total. The molecular formula is C18H17N3O3S3. The maximum Gasteiger partial charge on any atom is 0.257 e. The van der Waals surface area contributed by atoms with Crippen molar-refractivity contribution in [3.63, 3.8) is 0 Å². The van der Waals surface area contributed by atoms with Crippen molar-refractivity contribution in [2.24, 2.45) is 0 Å². The molecule has 27 heavy (non-hydrogen) atoms. The van der Waals surface area contributed by atoms with E-state index in [1.54, 1.807) is 29.5 Å². The third kappa shape index (κ3) is 3.50. The van der Waals surface area contributed by atoms with Crippen LogP contribution in [0.15, 0.2) is 41.1 Å². The first-order valence-electron chi connectivity index (χ1n) is 8.26. The standard InChI is InChI=1S/C18H17N3O3S3/c1-11-8-13-9-12(5-6-15(13)21(11)27(2,23)24)17(22)20-18-19-14(10-26-18)16-4-3-7-25-16/h3-7,9-11H,8H2,1-2H3,(H,19,20,22). The van der Waals surface area contributed by atoms with Crippen molar-refractivity contribution >= 4 is 49.4 Å². The van der Waals surface area contributed by atoms with E-state index in [-0.39, 0.29) is 11.9 Å². The fraction of sp³-hybridized carbons (Fsp3) is 0.222. The normalized spacial score (nSPS) is 16.4. The zero-order chi connectivity index (χ0) is 19.2. The smallest absolute Gasteiger partial charge is 0.257 e. The molecule has 0 aliphatic carbocycles. The summed E-state index contributed by atoms with van der Waals surface area (Å²) < 4.78 is 25.4. The number of sulfonamides is 1. The molecule has 140 valence electrons. The third-order valence-electron chi connectivity index (χ3n) is 4.35. The lowest BCUT2D eigenvalue weighted by Crippen LogP contribution is -2.34. The van der Waals surface area contributed by atoms with Gasteiger partial charge >= 0.3 is 0 Å². The Balaban J connectivity index is 1.55. The van der Waals surface area contributed by atoms with E-state index in [4.69, 9.17) is 0 Å². The quantitative estimate of drug-likeness (QED) is 0.697. The predicted octanol–water partition coefficient (Wildman–Crippen LogP) is 3.83. The topological polar surface area (TPSA) is 79.4 Å². The van der Waals surface area contributed by atoms with Crippen LogP contribution in [0, 0.1) is 0 Å². The minimum Gasteiger partial charge on any atom is -0.298 e. The number of fused-ring (bicyclic) bond motifs is 1. The van der Waals surface area contributed by atoms with Crippen LogP contribution >= 0.6 is 22.7 Å². The molecule has 1 aromatic carbocycles. The number of hydrogen-bond donors (Lipinski definition) is 1. The zero-order valence-electron chi connectivity index (χ0n) is 14.7. The Kier molecular flexibility index (Phi) is 4.53. The molecule has 1 unspecified atom stereocenters. The summed E-state index contributed by atoms with van der Waals surface area (Å²) in [5, 5.41) is 7.26. The molecule has 0 saturated heterocycles. The summed E-state index contributed by atoms with van der Waals surface area (Å²) in [7, 11) is -3.34. The summed E-state index contributed by atoms with van der Waals surface area (Å²) in [6.07, 6.45) is 1.79. The van der Waals surface area contributed by atoms with Gasteiger partial charge in [-0.15, -0.1) is 22.7 Å². The van der Waals surface area contributed by atoms with Crippen LogP contribution in [0.2, 0.25) is 0 Å². The summed E-state index contributed by atoms with van der Waals surface area (Å²) >= 11 is 2.97. The first-order valence-corrected chi connectivity index (χ1v) is 11.9. The van der Waals surface area contributed by atoms with E-state index >= 15 is 0 Å². The Morgan fingerprint density at radius 3 is 2.81 bits per heavy atom. The highest BCUT2D eigenvalue weighted by Crippen LogP contribution is 2.35. The van der Waals surface area contributed by atoms with Crippen LogP contribution in [0.25, 0.3) is 10.6 Å². The molecule has 1 amide bonds. The van der Waals surface area contributed by atoms with Crippen molar-refractivity contribution in [1.29, 1.82) is 0 Å². The number of aromatic nitrogens is 1. The Bertz CT molecular complexity index is 1100. The molecule has 4 rings (SSSR count). The second-order valence-corrected chi connectivity index (χ2v) is 10.1. The van der Waals surface area contributed by atoms with Crippen LogP contribution in [-0.4, -0.2) is 31.6 Å². The summed E-state index contributed by atoms with van der Waals surface area (Å²) in [6, 6.07) is 8.91. The number of thiophene rings is 1. The minimum atomic E-state index is -3.34. The number of benzene rings is 1. The number of nitrogens with one attached hydrogen (secondary N) is 1. The summed E-state index contributed by atoms with van der Waals surface area (Å²) in [5.74, 6) is -0.254. The van der Waals surface area contributed by atoms with Crippen LogP contribution in [0.4, 0.5) is 10.8 Å². The Labute approximate surface area is 165 Å². The molecule has 1 N–H and O–H groups in total. The van der Waals surface area contributed by atoms with E-state index in [9.17, 15) is 13.2 Å². The van der Waals surface area contributed by atoms with Crippen molar-refractivity contribution in [3.8, 4) is 10.6 Å². The molecule has 1 aliphatic heterocycles. The maximum absolute atomic E-state index is 12.6. The second-order valence-electron chi connectivity index (χ2n) is 6.42. The van der Waals surface area contributed by atoms with Crippen molar-refractivity contribution in [3.05, 3.63) is 52.2 Å². The van der Waals surface area contributed by atoms with Crippen molar-refractivity contribution in [1.82, 2.24) is 4.98 Å². The average molecular weight is 420 g/mol. The molecule has 0 bridgehead atoms. The van der Waals surface area contributed by atoms with Crippen molar-refractivity contribution in [2.75, 3.05) is 15.9 Å². The molecule has 3 heterocycles. The number of nitrogens with zero attached hydrogens (tertiary/aromatic N) is 2. The van der Waals surface area contributed by atoms with E-state index in [0.29, 0.717) is 22.8 Å². The third-order valence-corrected chi connectivity index (χ3v) is 7.27. The van der Waals surface area contributed by atoms with E-state index in [1.165, 1.54) is 21.9 Å². The highest BCUT2D eigenvalue weighted by atomic mass is 32.2. The molecule has 1 atom stereocenters. The van der Waals surface area contributed by atoms with Crippen LogP contribution < -0.4 is 9.62 Å². The van der Waals surface area contributed by atoms with E-state index in [2.05, 4.69) is 10.3 Å². The number of hydrogen-bond acceptors (Lipinski definition) is 6. The SMILES string of the molecule is CC1Cc2cc(C(=O)Nc3nc(-c4cccs4)cs3)ccc2N1S(C)(=O)=O. The van der Waals surface area contributed by atoms with Gasteiger partial charge in [0.1, 0.15) is 0 Å². The highest BCUT2D eigenvalue weighted by molar-refractivity contribution is 7.92. The van der Waals surface area contributed by atoms with Gasteiger partial charge in [-0.2, -0.15) is 0 Å². The largest absolute Gasteiger partial charge is 0.298 e. The molecule has 0 spiro atoms. The Morgan fingerprint density at radius 1 is 1.30 bits per heavy atom. The Morgan fingerprint density at radius 2 is 2.11 bits per heavy atom. The number of amides is 1. The first-order chi connectivity index (χ1) is 12.8. The van der Waals surface area contributed by atoms with Crippen molar-refractivity contribution in [2.45, 2.75) is 19.4 Å². The van der Waals surface area contributed by atoms with E-state index in [1.807, 2.05) is 29.8 Å². The second kappa shape index (κ2) is 6.74. The van der Waals surface area contributed by atoms with Gasteiger partial charge in [-0.25, -0.2) is 13.4 Å². The van der Waals surface area contributed by atoms with Gasteiger partial charge < -0.3 is 0 Å². The molecule has 0 fully saturated rings. The first kappa shape index (κ1) is 18.1. The fourth-order valence-corrected chi connectivity index (χ4v) is 6.02. The van der Waals surface area contributed by atoms with E-state index < -0.39 is 10.0 Å². The molecule has 9 heteroatoms. The number of thiazole rings is 1. The van der Waals surface area contributed by atoms with Crippen LogP contribution in [0.1, 0.15) is 22.8 Å². The van der Waals surface area contributed by atoms with Crippen LogP contribution in [0.3, 0.4) is 0 Å². The van der Waals surface area contributed by atoms with Gasteiger partial charge in [0.2, 0.25) is 10.0 Å². The monoisotopic (exact) mass is 419 g/mol. The van der Waals surface area contributed by atoms with E-state index in [0.717, 1.165) is 16.1 Å². The minimum absolute atomic E-state index is 0.152. The number of anilines is 2. The summed E-state index contributed by atoms with van der Waals surface area (Å²) in [5.41, 5.74) is 2.84. The summed E-state index contributed by atoms with van der Waals surface area (Å²) in [4.78, 5) is 18.1. The fourth-order valence-electron chi connectivity index (χ4n) is 3.29. The lowest BCUT2D eigenvalue weighted by Gasteiger charge is -2.21. The molecule has 1 aliphatic rings. The average Bonchev–Trinajstić information content (AvgIpc) is 3.31. The van der Waals surface area contributed by atoms with Gasteiger partial charge in [-0.1, -0.05) is 6.07 Å². The zero-order valence-corrected chi connectivity index (χ0v) is 17.1. The van der Waals surface area contributed by atoms with Gasteiger partial charge in [-0.05, 0) is 48.6 Å². The van der Waals surface area contributed by atoms with Crippen molar-refractivity contribution < 1.29 is 13.2 Å². The van der Waals surface area contributed by atoms with Gasteiger partial charge in [0.05, 0.1) is 22.5 Å². The van der Waals surface area contributed by atoms with Crippen LogP contribution in [0.5, 0.6) is 0 Å². The lowest BCUT2D eigenvalue weighted by molar-refractivity contribution is 0.102. The van der Waals surface area contributed by atoms with Gasteiger partial charge in [0.15, 0.2) is 5.13 Å².